The van der Waals surface area contributed by atoms with Gasteiger partial charge in [0.2, 0.25) is 0 Å². The van der Waals surface area contributed by atoms with E-state index in [2.05, 4.69) is 37.0 Å². The van der Waals surface area contributed by atoms with Crippen LogP contribution in [0.1, 0.15) is 5.56 Å². The minimum atomic E-state index is 0.613. The summed E-state index contributed by atoms with van der Waals surface area (Å²) >= 11 is 6.83. The lowest BCUT2D eigenvalue weighted by molar-refractivity contribution is 0.414. The fraction of sp³-hybridized carbons (Fsp3) is 0.182. The number of benzene rings is 1. The standard InChI is InChI=1S/C11H11Br2N3O/c1-17-8-3-2-7(9(12)4-8)6-16-11(14)10(13)5-15-16/h2-5H,6,14H2,1H3. The molecule has 0 aliphatic heterocycles. The quantitative estimate of drug-likeness (QED) is 0.915. The maximum atomic E-state index is 5.87. The number of nitrogen functional groups attached to an aromatic ring is 1. The molecular weight excluding hydrogens is 350 g/mol. The summed E-state index contributed by atoms with van der Waals surface area (Å²) in [6.07, 6.45) is 1.69. The van der Waals surface area contributed by atoms with Gasteiger partial charge in [0.05, 0.1) is 24.3 Å². The molecule has 0 saturated carbocycles. The summed E-state index contributed by atoms with van der Waals surface area (Å²) in [5.41, 5.74) is 6.96. The molecule has 0 fully saturated rings. The Morgan fingerprint density at radius 1 is 1.35 bits per heavy atom. The van der Waals surface area contributed by atoms with Crippen LogP contribution in [0.5, 0.6) is 5.75 Å². The first-order chi connectivity index (χ1) is 8.11. The van der Waals surface area contributed by atoms with Crippen molar-refractivity contribution in [2.75, 3.05) is 12.8 Å². The number of ether oxygens (including phenoxy) is 1. The Balaban J connectivity index is 2.27. The van der Waals surface area contributed by atoms with Gasteiger partial charge < -0.3 is 10.5 Å². The highest BCUT2D eigenvalue weighted by Crippen LogP contribution is 2.25. The minimum absolute atomic E-state index is 0.613. The van der Waals surface area contributed by atoms with Gasteiger partial charge in [-0.1, -0.05) is 22.0 Å². The molecule has 2 rings (SSSR count). The Morgan fingerprint density at radius 3 is 2.65 bits per heavy atom. The number of nitrogens with zero attached hydrogens (tertiary/aromatic N) is 2. The summed E-state index contributed by atoms with van der Waals surface area (Å²) in [6, 6.07) is 5.82. The lowest BCUT2D eigenvalue weighted by atomic mass is 10.2. The van der Waals surface area contributed by atoms with Gasteiger partial charge >= 0.3 is 0 Å². The van der Waals surface area contributed by atoms with Gasteiger partial charge in [-0.2, -0.15) is 5.10 Å². The first kappa shape index (κ1) is 12.4. The second kappa shape index (κ2) is 5.10. The number of rotatable bonds is 3. The summed E-state index contributed by atoms with van der Waals surface area (Å²) in [5.74, 6) is 1.43. The van der Waals surface area contributed by atoms with E-state index in [0.717, 1.165) is 20.3 Å². The molecule has 0 aliphatic rings. The topological polar surface area (TPSA) is 53.1 Å². The van der Waals surface area contributed by atoms with Crippen LogP contribution in [0.2, 0.25) is 0 Å². The van der Waals surface area contributed by atoms with Crippen molar-refractivity contribution in [1.82, 2.24) is 9.78 Å². The van der Waals surface area contributed by atoms with Crippen molar-refractivity contribution < 1.29 is 4.74 Å². The van der Waals surface area contributed by atoms with Crippen LogP contribution in [0.4, 0.5) is 5.82 Å². The van der Waals surface area contributed by atoms with Gasteiger partial charge in [-0.3, -0.25) is 0 Å². The van der Waals surface area contributed by atoms with Gasteiger partial charge in [0.1, 0.15) is 11.6 Å². The molecule has 4 nitrogen and oxygen atoms in total. The average molecular weight is 361 g/mol. The maximum Gasteiger partial charge on any atom is 0.136 e. The van der Waals surface area contributed by atoms with Crippen LogP contribution in [0, 0.1) is 0 Å². The minimum Gasteiger partial charge on any atom is -0.497 e. The molecular formula is C11H11Br2N3O. The van der Waals surface area contributed by atoms with Crippen LogP contribution in [-0.4, -0.2) is 16.9 Å². The highest BCUT2D eigenvalue weighted by atomic mass is 79.9. The van der Waals surface area contributed by atoms with Gasteiger partial charge in [-0.15, -0.1) is 0 Å². The first-order valence-electron chi connectivity index (χ1n) is 4.91. The van der Waals surface area contributed by atoms with Crippen LogP contribution in [0.25, 0.3) is 0 Å². The predicted octanol–water partition coefficient (Wildman–Crippen LogP) is 3.05. The molecule has 0 aliphatic carbocycles. The Bertz CT molecular complexity index is 540. The third-order valence-corrected chi connectivity index (χ3v) is 3.76. The van der Waals surface area contributed by atoms with Crippen molar-refractivity contribution in [3.05, 3.63) is 38.9 Å². The normalized spacial score (nSPS) is 10.5. The zero-order valence-electron chi connectivity index (χ0n) is 9.15. The highest BCUT2D eigenvalue weighted by Gasteiger charge is 2.08. The van der Waals surface area contributed by atoms with E-state index in [-0.39, 0.29) is 0 Å². The van der Waals surface area contributed by atoms with Crippen LogP contribution in [0.3, 0.4) is 0 Å². The second-order valence-electron chi connectivity index (χ2n) is 3.49. The lowest BCUT2D eigenvalue weighted by Crippen LogP contribution is -2.06. The summed E-state index contributed by atoms with van der Waals surface area (Å²) in [5, 5.41) is 4.19. The molecule has 2 aromatic rings. The zero-order valence-corrected chi connectivity index (χ0v) is 12.3. The van der Waals surface area contributed by atoms with E-state index < -0.39 is 0 Å². The number of aromatic nitrogens is 2. The molecule has 6 heteroatoms. The Morgan fingerprint density at radius 2 is 2.12 bits per heavy atom. The number of nitrogens with two attached hydrogens (primary N) is 1. The number of anilines is 1. The monoisotopic (exact) mass is 359 g/mol. The van der Waals surface area contributed by atoms with Crippen molar-refractivity contribution in [3.63, 3.8) is 0 Å². The Hall–Kier alpha value is -1.01. The van der Waals surface area contributed by atoms with Crippen molar-refractivity contribution in [1.29, 1.82) is 0 Å². The molecule has 0 saturated heterocycles. The Labute approximate surface area is 116 Å². The van der Waals surface area contributed by atoms with Crippen LogP contribution >= 0.6 is 31.9 Å². The fourth-order valence-corrected chi connectivity index (χ4v) is 2.22. The largest absolute Gasteiger partial charge is 0.497 e. The van der Waals surface area contributed by atoms with E-state index in [0.29, 0.717) is 12.4 Å². The molecule has 0 spiro atoms. The molecule has 17 heavy (non-hydrogen) atoms. The summed E-state index contributed by atoms with van der Waals surface area (Å²) < 4.78 is 8.66. The maximum absolute atomic E-state index is 5.87. The van der Waals surface area contributed by atoms with Gasteiger partial charge in [0.25, 0.3) is 0 Å². The number of hydrogen-bond acceptors (Lipinski definition) is 3. The third-order valence-electron chi connectivity index (χ3n) is 2.41. The lowest BCUT2D eigenvalue weighted by Gasteiger charge is -2.08. The van der Waals surface area contributed by atoms with Gasteiger partial charge in [-0.25, -0.2) is 4.68 Å². The molecule has 0 bridgehead atoms. The number of hydrogen-bond donors (Lipinski definition) is 1. The second-order valence-corrected chi connectivity index (χ2v) is 5.20. The number of halogens is 2. The molecule has 90 valence electrons. The fourth-order valence-electron chi connectivity index (χ4n) is 1.44. The molecule has 0 radical (unpaired) electrons. The third kappa shape index (κ3) is 2.63. The number of methoxy groups -OCH3 is 1. The molecule has 0 unspecified atom stereocenters. The SMILES string of the molecule is COc1ccc(Cn2ncc(Br)c2N)c(Br)c1. The van der Waals surface area contributed by atoms with E-state index in [1.165, 1.54) is 0 Å². The van der Waals surface area contributed by atoms with E-state index >= 15 is 0 Å². The van der Waals surface area contributed by atoms with E-state index in [1.54, 1.807) is 18.0 Å². The molecule has 1 aromatic carbocycles. The van der Waals surface area contributed by atoms with Gasteiger partial charge in [0, 0.05) is 4.47 Å². The molecule has 1 aromatic heterocycles. The Kier molecular flexibility index (Phi) is 3.73. The van der Waals surface area contributed by atoms with E-state index in [9.17, 15) is 0 Å². The summed E-state index contributed by atoms with van der Waals surface area (Å²) in [4.78, 5) is 0. The molecule has 1 heterocycles. The first-order valence-corrected chi connectivity index (χ1v) is 6.49. The smallest absolute Gasteiger partial charge is 0.136 e. The van der Waals surface area contributed by atoms with Crippen LogP contribution in [0.15, 0.2) is 33.3 Å². The van der Waals surface area contributed by atoms with Gasteiger partial charge in [-0.05, 0) is 33.6 Å². The van der Waals surface area contributed by atoms with Crippen molar-refractivity contribution in [2.24, 2.45) is 0 Å². The van der Waals surface area contributed by atoms with Gasteiger partial charge in [0.15, 0.2) is 0 Å². The molecule has 0 atom stereocenters. The molecule has 2 N–H and O–H groups in total. The van der Waals surface area contributed by atoms with E-state index in [1.807, 2.05) is 18.2 Å². The van der Waals surface area contributed by atoms with Crippen molar-refractivity contribution >= 4 is 37.7 Å². The van der Waals surface area contributed by atoms with Crippen molar-refractivity contribution in [3.8, 4) is 5.75 Å². The summed E-state index contributed by atoms with van der Waals surface area (Å²) in [6.45, 7) is 0.613. The van der Waals surface area contributed by atoms with Crippen LogP contribution in [-0.2, 0) is 6.54 Å². The molecule has 0 amide bonds. The van der Waals surface area contributed by atoms with E-state index in [4.69, 9.17) is 10.5 Å². The zero-order chi connectivity index (χ0) is 12.4. The summed E-state index contributed by atoms with van der Waals surface area (Å²) in [7, 11) is 1.64. The predicted molar refractivity (Wildman–Crippen MR) is 74.1 cm³/mol. The van der Waals surface area contributed by atoms with Crippen LogP contribution < -0.4 is 10.5 Å². The van der Waals surface area contributed by atoms with Crippen molar-refractivity contribution in [2.45, 2.75) is 6.54 Å². The average Bonchev–Trinajstić information content (AvgIpc) is 2.63. The highest BCUT2D eigenvalue weighted by molar-refractivity contribution is 9.10.